The Bertz CT molecular complexity index is 860. The molecule has 3 aromatic rings. The van der Waals surface area contributed by atoms with E-state index in [-0.39, 0.29) is 5.91 Å². The Morgan fingerprint density at radius 1 is 1.16 bits per heavy atom. The second-order valence-electron chi connectivity index (χ2n) is 6.60. The third-order valence-electron chi connectivity index (χ3n) is 4.92. The van der Waals surface area contributed by atoms with Crippen molar-refractivity contribution in [1.82, 2.24) is 25.3 Å². The molecular weight excluding hydrogens is 314 g/mol. The SMILES string of the molecule is Cc1cccc(-c2cn[nH]c2C2CCN(C(=O)c3ccn[nH]3)CC2)c1. The average molecular weight is 335 g/mol. The van der Waals surface area contributed by atoms with Gasteiger partial charge in [0, 0.05) is 36.5 Å². The summed E-state index contributed by atoms with van der Waals surface area (Å²) >= 11 is 0. The summed E-state index contributed by atoms with van der Waals surface area (Å²) < 4.78 is 0. The highest BCUT2D eigenvalue weighted by Gasteiger charge is 2.27. The van der Waals surface area contributed by atoms with Crippen molar-refractivity contribution in [3.05, 3.63) is 59.7 Å². The first-order valence-electron chi connectivity index (χ1n) is 8.61. The van der Waals surface area contributed by atoms with E-state index < -0.39 is 0 Å². The monoisotopic (exact) mass is 335 g/mol. The second-order valence-corrected chi connectivity index (χ2v) is 6.60. The molecule has 1 aromatic carbocycles. The molecule has 1 fully saturated rings. The maximum atomic E-state index is 12.4. The largest absolute Gasteiger partial charge is 0.337 e. The highest BCUT2D eigenvalue weighted by atomic mass is 16.2. The zero-order valence-electron chi connectivity index (χ0n) is 14.2. The number of amides is 1. The number of carbonyl (C=O) groups is 1. The molecule has 0 saturated carbocycles. The van der Waals surface area contributed by atoms with Gasteiger partial charge >= 0.3 is 0 Å². The number of hydrogen-bond acceptors (Lipinski definition) is 3. The van der Waals surface area contributed by atoms with Gasteiger partial charge in [0.2, 0.25) is 0 Å². The van der Waals surface area contributed by atoms with E-state index in [2.05, 4.69) is 51.6 Å². The first kappa shape index (κ1) is 15.6. The molecular formula is C19H21N5O. The number of likely N-dealkylation sites (tertiary alicyclic amines) is 1. The molecule has 2 N–H and O–H groups in total. The Kier molecular flexibility index (Phi) is 4.09. The maximum Gasteiger partial charge on any atom is 0.271 e. The van der Waals surface area contributed by atoms with Crippen LogP contribution in [0.4, 0.5) is 0 Å². The third-order valence-corrected chi connectivity index (χ3v) is 4.92. The van der Waals surface area contributed by atoms with Crippen molar-refractivity contribution in [3.8, 4) is 11.1 Å². The van der Waals surface area contributed by atoms with Crippen LogP contribution in [0.5, 0.6) is 0 Å². The van der Waals surface area contributed by atoms with Gasteiger partial charge in [0.25, 0.3) is 5.91 Å². The van der Waals surface area contributed by atoms with E-state index in [1.54, 1.807) is 12.3 Å². The Balaban J connectivity index is 1.49. The van der Waals surface area contributed by atoms with Crippen LogP contribution in [-0.2, 0) is 0 Å². The quantitative estimate of drug-likeness (QED) is 0.772. The van der Waals surface area contributed by atoms with Crippen molar-refractivity contribution in [1.29, 1.82) is 0 Å². The van der Waals surface area contributed by atoms with Crippen LogP contribution in [0.1, 0.15) is 40.5 Å². The number of aryl methyl sites for hydroxylation is 1. The van der Waals surface area contributed by atoms with Crippen molar-refractivity contribution >= 4 is 5.91 Å². The Morgan fingerprint density at radius 3 is 2.72 bits per heavy atom. The number of aromatic amines is 2. The van der Waals surface area contributed by atoms with Gasteiger partial charge in [0.15, 0.2) is 0 Å². The number of H-pyrrole nitrogens is 2. The lowest BCUT2D eigenvalue weighted by atomic mass is 9.89. The maximum absolute atomic E-state index is 12.4. The van der Waals surface area contributed by atoms with Crippen molar-refractivity contribution in [2.75, 3.05) is 13.1 Å². The summed E-state index contributed by atoms with van der Waals surface area (Å²) in [5.41, 5.74) is 5.34. The molecule has 1 aliphatic rings. The van der Waals surface area contributed by atoms with Gasteiger partial charge in [-0.25, -0.2) is 0 Å². The molecule has 0 radical (unpaired) electrons. The molecule has 1 amide bonds. The van der Waals surface area contributed by atoms with E-state index in [0.29, 0.717) is 11.6 Å². The molecule has 0 spiro atoms. The molecule has 4 rings (SSSR count). The molecule has 1 saturated heterocycles. The van der Waals surface area contributed by atoms with Crippen molar-refractivity contribution in [2.45, 2.75) is 25.7 Å². The molecule has 6 nitrogen and oxygen atoms in total. The van der Waals surface area contributed by atoms with Gasteiger partial charge in [0.05, 0.1) is 6.20 Å². The Labute approximate surface area is 146 Å². The highest BCUT2D eigenvalue weighted by Crippen LogP contribution is 2.34. The van der Waals surface area contributed by atoms with Crippen molar-refractivity contribution in [3.63, 3.8) is 0 Å². The number of hydrogen-bond donors (Lipinski definition) is 2. The molecule has 0 bridgehead atoms. The van der Waals surface area contributed by atoms with E-state index in [1.807, 2.05) is 11.1 Å². The molecule has 0 unspecified atom stereocenters. The second kappa shape index (κ2) is 6.55. The third kappa shape index (κ3) is 3.07. The Hall–Kier alpha value is -2.89. The minimum Gasteiger partial charge on any atom is -0.337 e. The van der Waals surface area contributed by atoms with Crippen LogP contribution in [-0.4, -0.2) is 44.3 Å². The summed E-state index contributed by atoms with van der Waals surface area (Å²) in [5.74, 6) is 0.420. The van der Waals surface area contributed by atoms with E-state index in [1.165, 1.54) is 22.4 Å². The van der Waals surface area contributed by atoms with Gasteiger partial charge in [-0.1, -0.05) is 29.8 Å². The standard InChI is InChI=1S/C19H21N5O/c1-13-3-2-4-15(11-13)16-12-21-23-18(16)14-6-9-24(10-7-14)19(25)17-5-8-20-22-17/h2-5,8,11-12,14H,6-7,9-10H2,1H3,(H,20,22)(H,21,23). The van der Waals surface area contributed by atoms with Crippen LogP contribution in [0.15, 0.2) is 42.7 Å². The molecule has 0 aliphatic carbocycles. The topological polar surface area (TPSA) is 77.7 Å². The summed E-state index contributed by atoms with van der Waals surface area (Å²) in [6, 6.07) is 10.2. The molecule has 3 heterocycles. The molecule has 6 heteroatoms. The van der Waals surface area contributed by atoms with Gasteiger partial charge in [-0.15, -0.1) is 0 Å². The van der Waals surface area contributed by atoms with Crippen molar-refractivity contribution < 1.29 is 4.79 Å². The summed E-state index contributed by atoms with van der Waals surface area (Å²) in [7, 11) is 0. The lowest BCUT2D eigenvalue weighted by Crippen LogP contribution is -2.38. The first-order chi connectivity index (χ1) is 12.2. The summed E-state index contributed by atoms with van der Waals surface area (Å²) in [6.45, 7) is 3.59. The van der Waals surface area contributed by atoms with E-state index in [0.717, 1.165) is 25.9 Å². The summed E-state index contributed by atoms with van der Waals surface area (Å²) in [6.07, 6.45) is 5.38. The van der Waals surface area contributed by atoms with Gasteiger partial charge in [-0.2, -0.15) is 10.2 Å². The molecule has 2 aromatic heterocycles. The normalized spacial score (nSPS) is 15.5. The zero-order valence-corrected chi connectivity index (χ0v) is 14.2. The zero-order chi connectivity index (χ0) is 17.2. The van der Waals surface area contributed by atoms with Crippen LogP contribution >= 0.6 is 0 Å². The fraction of sp³-hybridized carbons (Fsp3) is 0.316. The number of aromatic nitrogens is 4. The number of rotatable bonds is 3. The number of benzene rings is 1. The van der Waals surface area contributed by atoms with Crippen LogP contribution in [0.3, 0.4) is 0 Å². The minimum absolute atomic E-state index is 0.0273. The van der Waals surface area contributed by atoms with Gasteiger partial charge in [-0.05, 0) is 31.4 Å². The molecule has 1 aliphatic heterocycles. The van der Waals surface area contributed by atoms with Crippen LogP contribution in [0, 0.1) is 6.92 Å². The number of nitrogens with zero attached hydrogens (tertiary/aromatic N) is 3. The predicted octanol–water partition coefficient (Wildman–Crippen LogP) is 3.13. The van der Waals surface area contributed by atoms with Crippen molar-refractivity contribution in [2.24, 2.45) is 0 Å². The minimum atomic E-state index is 0.0273. The predicted molar refractivity (Wildman–Crippen MR) is 95.2 cm³/mol. The molecule has 0 atom stereocenters. The number of nitrogens with one attached hydrogen (secondary N) is 2. The highest BCUT2D eigenvalue weighted by molar-refractivity contribution is 5.92. The lowest BCUT2D eigenvalue weighted by molar-refractivity contribution is 0.0706. The van der Waals surface area contributed by atoms with Crippen LogP contribution < -0.4 is 0 Å². The fourth-order valence-electron chi connectivity index (χ4n) is 3.57. The first-order valence-corrected chi connectivity index (χ1v) is 8.61. The van der Waals surface area contributed by atoms with Gasteiger partial charge in [0.1, 0.15) is 5.69 Å². The summed E-state index contributed by atoms with van der Waals surface area (Å²) in [5, 5.41) is 14.1. The van der Waals surface area contributed by atoms with Crippen LogP contribution in [0.2, 0.25) is 0 Å². The lowest BCUT2D eigenvalue weighted by Gasteiger charge is -2.31. The molecule has 128 valence electrons. The number of carbonyl (C=O) groups excluding carboxylic acids is 1. The Morgan fingerprint density at radius 2 is 2.00 bits per heavy atom. The van der Waals surface area contributed by atoms with Gasteiger partial charge < -0.3 is 4.90 Å². The average Bonchev–Trinajstić information content (AvgIpc) is 3.33. The smallest absolute Gasteiger partial charge is 0.271 e. The van der Waals surface area contributed by atoms with Crippen LogP contribution in [0.25, 0.3) is 11.1 Å². The van der Waals surface area contributed by atoms with E-state index in [9.17, 15) is 4.79 Å². The molecule has 25 heavy (non-hydrogen) atoms. The summed E-state index contributed by atoms with van der Waals surface area (Å²) in [4.78, 5) is 14.3. The van der Waals surface area contributed by atoms with Gasteiger partial charge in [-0.3, -0.25) is 15.0 Å². The van der Waals surface area contributed by atoms with E-state index >= 15 is 0 Å². The van der Waals surface area contributed by atoms with E-state index in [4.69, 9.17) is 0 Å². The number of piperidine rings is 1. The fourth-order valence-corrected chi connectivity index (χ4v) is 3.57.